The molecule has 0 saturated carbocycles. The Balaban J connectivity index is 3.21. The molecule has 0 radical (unpaired) electrons. The smallest absolute Gasteiger partial charge is 0.161 e. The third-order valence-corrected chi connectivity index (χ3v) is 2.05. The van der Waals surface area contributed by atoms with E-state index >= 15 is 0 Å². The van der Waals surface area contributed by atoms with Gasteiger partial charge in [0.15, 0.2) is 5.78 Å². The van der Waals surface area contributed by atoms with E-state index in [0.717, 1.165) is 11.3 Å². The van der Waals surface area contributed by atoms with E-state index in [9.17, 15) is 4.79 Å². The lowest BCUT2D eigenvalue weighted by molar-refractivity contribution is 0.101. The highest BCUT2D eigenvalue weighted by molar-refractivity contribution is 5.95. The summed E-state index contributed by atoms with van der Waals surface area (Å²) in [5.41, 5.74) is 1.98. The first-order valence-corrected chi connectivity index (χ1v) is 4.20. The molecule has 0 saturated heterocycles. The molecule has 2 nitrogen and oxygen atoms in total. The van der Waals surface area contributed by atoms with Crippen LogP contribution in [0.2, 0.25) is 0 Å². The van der Waals surface area contributed by atoms with Gasteiger partial charge < -0.3 is 4.57 Å². The normalized spacial score (nSPS) is 10.8. The van der Waals surface area contributed by atoms with Gasteiger partial charge in [0.1, 0.15) is 0 Å². The van der Waals surface area contributed by atoms with Crippen LogP contribution in [0.15, 0.2) is 12.3 Å². The maximum Gasteiger partial charge on any atom is 0.161 e. The second kappa shape index (κ2) is 3.13. The van der Waals surface area contributed by atoms with Gasteiger partial charge in [0, 0.05) is 24.5 Å². The number of aromatic nitrogens is 1. The molecular weight excluding hydrogens is 150 g/mol. The lowest BCUT2D eigenvalue weighted by atomic mass is 10.0. The van der Waals surface area contributed by atoms with Crippen molar-refractivity contribution in [1.29, 1.82) is 0 Å². The summed E-state index contributed by atoms with van der Waals surface area (Å²) < 4.78 is 2.02. The average molecular weight is 165 g/mol. The molecule has 0 atom stereocenters. The molecule has 66 valence electrons. The summed E-state index contributed by atoms with van der Waals surface area (Å²) in [6, 6.07) is 1.89. The first-order valence-electron chi connectivity index (χ1n) is 4.20. The number of aryl methyl sites for hydroxylation is 1. The number of Topliss-reactive ketones (excluding diaryl/α,β-unsaturated/α-hetero) is 1. The zero-order valence-electron chi connectivity index (χ0n) is 8.09. The van der Waals surface area contributed by atoms with Crippen LogP contribution in [-0.2, 0) is 7.05 Å². The largest absolute Gasteiger partial charge is 0.354 e. The van der Waals surface area contributed by atoms with Crippen molar-refractivity contribution >= 4 is 5.78 Å². The van der Waals surface area contributed by atoms with Crippen LogP contribution in [-0.4, -0.2) is 10.4 Å². The van der Waals surface area contributed by atoms with Crippen LogP contribution in [0.5, 0.6) is 0 Å². The van der Waals surface area contributed by atoms with Crippen LogP contribution in [0.1, 0.15) is 42.7 Å². The number of carbonyl (C=O) groups excluding carboxylic acids is 1. The van der Waals surface area contributed by atoms with Gasteiger partial charge in [-0.2, -0.15) is 0 Å². The van der Waals surface area contributed by atoms with Gasteiger partial charge in [-0.25, -0.2) is 0 Å². The van der Waals surface area contributed by atoms with Crippen LogP contribution < -0.4 is 0 Å². The lowest BCUT2D eigenvalue weighted by Crippen LogP contribution is -2.03. The van der Waals surface area contributed by atoms with Crippen LogP contribution in [0, 0.1) is 0 Å². The Morgan fingerprint density at radius 3 is 2.42 bits per heavy atom. The minimum Gasteiger partial charge on any atom is -0.354 e. The molecule has 0 fully saturated rings. The van der Waals surface area contributed by atoms with Crippen molar-refractivity contribution in [2.45, 2.75) is 26.7 Å². The van der Waals surface area contributed by atoms with E-state index in [1.165, 1.54) is 0 Å². The molecule has 1 aromatic heterocycles. The fourth-order valence-corrected chi connectivity index (χ4v) is 1.56. The topological polar surface area (TPSA) is 22.0 Å². The predicted octanol–water partition coefficient (Wildman–Crippen LogP) is 2.35. The Morgan fingerprint density at radius 2 is 2.08 bits per heavy atom. The second-order valence-electron chi connectivity index (χ2n) is 3.44. The predicted molar refractivity (Wildman–Crippen MR) is 49.5 cm³/mol. The summed E-state index contributed by atoms with van der Waals surface area (Å²) in [5.74, 6) is 0.559. The molecule has 0 bridgehead atoms. The number of hydrogen-bond donors (Lipinski definition) is 0. The molecule has 0 amide bonds. The third kappa shape index (κ3) is 1.42. The lowest BCUT2D eigenvalue weighted by Gasteiger charge is -2.08. The summed E-state index contributed by atoms with van der Waals surface area (Å²) in [5, 5.41) is 0. The van der Waals surface area contributed by atoms with Crippen molar-refractivity contribution in [2.75, 3.05) is 0 Å². The standard InChI is InChI=1S/C10H15NO/c1-7(2)10-9(8(3)12)5-6-11(10)4/h5-7H,1-4H3. The van der Waals surface area contributed by atoms with Gasteiger partial charge in [-0.1, -0.05) is 13.8 Å². The SMILES string of the molecule is CC(=O)c1ccn(C)c1C(C)C. The van der Waals surface area contributed by atoms with Crippen molar-refractivity contribution in [1.82, 2.24) is 4.57 Å². The monoisotopic (exact) mass is 165 g/mol. The van der Waals surface area contributed by atoms with Crippen molar-refractivity contribution in [3.8, 4) is 0 Å². The molecule has 1 aromatic rings. The van der Waals surface area contributed by atoms with Crippen LogP contribution >= 0.6 is 0 Å². The van der Waals surface area contributed by atoms with Gasteiger partial charge in [-0.05, 0) is 18.9 Å². The number of nitrogens with zero attached hydrogens (tertiary/aromatic N) is 1. The van der Waals surface area contributed by atoms with Gasteiger partial charge in [-0.15, -0.1) is 0 Å². The summed E-state index contributed by atoms with van der Waals surface area (Å²) in [6.07, 6.45) is 1.94. The highest BCUT2D eigenvalue weighted by Crippen LogP contribution is 2.20. The maximum absolute atomic E-state index is 11.2. The minimum absolute atomic E-state index is 0.152. The number of ketones is 1. The minimum atomic E-state index is 0.152. The summed E-state index contributed by atoms with van der Waals surface area (Å²) in [6.45, 7) is 5.81. The molecule has 0 aromatic carbocycles. The van der Waals surface area contributed by atoms with Crippen molar-refractivity contribution in [3.05, 3.63) is 23.5 Å². The molecule has 0 aliphatic heterocycles. The van der Waals surface area contributed by atoms with Crippen LogP contribution in [0.4, 0.5) is 0 Å². The number of carbonyl (C=O) groups is 1. The Kier molecular flexibility index (Phi) is 2.36. The second-order valence-corrected chi connectivity index (χ2v) is 3.44. The maximum atomic E-state index is 11.2. The molecule has 0 aliphatic rings. The van der Waals surface area contributed by atoms with Crippen LogP contribution in [0.25, 0.3) is 0 Å². The Morgan fingerprint density at radius 1 is 1.50 bits per heavy atom. The van der Waals surface area contributed by atoms with Crippen LogP contribution in [0.3, 0.4) is 0 Å². The van der Waals surface area contributed by atoms with E-state index in [-0.39, 0.29) is 5.78 Å². The van der Waals surface area contributed by atoms with E-state index in [2.05, 4.69) is 13.8 Å². The zero-order chi connectivity index (χ0) is 9.30. The first kappa shape index (κ1) is 9.04. The van der Waals surface area contributed by atoms with E-state index in [1.54, 1.807) is 6.92 Å². The van der Waals surface area contributed by atoms with E-state index in [0.29, 0.717) is 5.92 Å². The molecular formula is C10H15NO. The Hall–Kier alpha value is -1.05. The molecule has 12 heavy (non-hydrogen) atoms. The van der Waals surface area contributed by atoms with Crippen molar-refractivity contribution in [2.24, 2.45) is 7.05 Å². The molecule has 0 N–H and O–H groups in total. The first-order chi connectivity index (χ1) is 5.54. The van der Waals surface area contributed by atoms with Gasteiger partial charge in [-0.3, -0.25) is 4.79 Å². The van der Waals surface area contributed by atoms with Crippen molar-refractivity contribution in [3.63, 3.8) is 0 Å². The van der Waals surface area contributed by atoms with Gasteiger partial charge >= 0.3 is 0 Å². The summed E-state index contributed by atoms with van der Waals surface area (Å²) in [4.78, 5) is 11.2. The molecule has 2 heteroatoms. The molecule has 0 spiro atoms. The Bertz CT molecular complexity index is 297. The van der Waals surface area contributed by atoms with Gasteiger partial charge in [0.25, 0.3) is 0 Å². The Labute approximate surface area is 73.2 Å². The fourth-order valence-electron chi connectivity index (χ4n) is 1.56. The summed E-state index contributed by atoms with van der Waals surface area (Å²) in [7, 11) is 1.97. The van der Waals surface area contributed by atoms with Gasteiger partial charge in [0.05, 0.1) is 0 Å². The third-order valence-electron chi connectivity index (χ3n) is 2.05. The summed E-state index contributed by atoms with van der Waals surface area (Å²) >= 11 is 0. The number of rotatable bonds is 2. The highest BCUT2D eigenvalue weighted by atomic mass is 16.1. The fraction of sp³-hybridized carbons (Fsp3) is 0.500. The zero-order valence-corrected chi connectivity index (χ0v) is 8.09. The van der Waals surface area contributed by atoms with E-state index in [4.69, 9.17) is 0 Å². The van der Waals surface area contributed by atoms with Gasteiger partial charge in [0.2, 0.25) is 0 Å². The van der Waals surface area contributed by atoms with E-state index in [1.807, 2.05) is 23.9 Å². The van der Waals surface area contributed by atoms with E-state index < -0.39 is 0 Å². The molecule has 0 aliphatic carbocycles. The highest BCUT2D eigenvalue weighted by Gasteiger charge is 2.13. The molecule has 1 heterocycles. The molecule has 1 rings (SSSR count). The number of hydrogen-bond acceptors (Lipinski definition) is 1. The quantitative estimate of drug-likeness (QED) is 0.616. The molecule has 0 unspecified atom stereocenters. The average Bonchev–Trinajstić information content (AvgIpc) is 2.30. The van der Waals surface area contributed by atoms with Crippen molar-refractivity contribution < 1.29 is 4.79 Å².